The fraction of sp³-hybridized carbons (Fsp3) is 0.478. The third-order valence-corrected chi connectivity index (χ3v) is 7.29. The van der Waals surface area contributed by atoms with Crippen LogP contribution >= 0.6 is 0 Å². The Morgan fingerprint density at radius 1 is 1.09 bits per heavy atom. The number of hydrazine groups is 1. The Kier molecular flexibility index (Phi) is 7.63. The summed E-state index contributed by atoms with van der Waals surface area (Å²) in [6.45, 7) is 8.98. The van der Waals surface area contributed by atoms with Gasteiger partial charge in [-0.3, -0.25) is 15.3 Å². The highest BCUT2D eigenvalue weighted by molar-refractivity contribution is 6.76. The quantitative estimate of drug-likeness (QED) is 0.152. The number of aromatic hydroxyl groups is 1. The summed E-state index contributed by atoms with van der Waals surface area (Å²) in [5.41, 5.74) is 12.2. The Balaban J connectivity index is 2.10. The van der Waals surface area contributed by atoms with Crippen LogP contribution in [-0.2, 0) is 19.1 Å². The van der Waals surface area contributed by atoms with E-state index in [1.165, 1.54) is 6.07 Å². The van der Waals surface area contributed by atoms with Crippen molar-refractivity contribution in [3.63, 3.8) is 0 Å². The second-order valence-corrected chi connectivity index (χ2v) is 15.1. The second-order valence-electron chi connectivity index (χ2n) is 9.47. The molecule has 6 N–H and O–H groups in total. The number of carbonyl (C=O) groups is 2. The number of aliphatic hydroxyl groups excluding tert-OH is 1. The SMILES string of the molecule is CCCOC(=O)[C@@H]1c2c(NNC(N)O)cc(c3ccc(O)cc23)[C@H]1C(=O)OCC[Si](C)(C)C. The summed E-state index contributed by atoms with van der Waals surface area (Å²) in [6.07, 6.45) is -0.719. The lowest BCUT2D eigenvalue weighted by Crippen LogP contribution is -2.42. The lowest BCUT2D eigenvalue weighted by Gasteiger charge is -2.35. The molecule has 10 heteroatoms. The van der Waals surface area contributed by atoms with Gasteiger partial charge < -0.3 is 25.1 Å². The van der Waals surface area contributed by atoms with Crippen LogP contribution in [0.1, 0.15) is 36.3 Å². The number of hydrogen-bond acceptors (Lipinski definition) is 9. The van der Waals surface area contributed by atoms with Crippen LogP contribution in [0, 0.1) is 0 Å². The lowest BCUT2D eigenvalue weighted by atomic mass is 9.71. The number of aliphatic hydroxyl groups is 1. The zero-order chi connectivity index (χ0) is 24.3. The number of fused-ring (bicyclic) bond motifs is 2. The topological polar surface area (TPSA) is 143 Å². The monoisotopic (exact) mass is 475 g/mol. The molecular formula is C23H33N3O6Si. The van der Waals surface area contributed by atoms with Gasteiger partial charge >= 0.3 is 11.9 Å². The summed E-state index contributed by atoms with van der Waals surface area (Å²) in [5.74, 6) is -2.86. The van der Waals surface area contributed by atoms with E-state index in [0.717, 1.165) is 11.4 Å². The maximum Gasteiger partial charge on any atom is 0.314 e. The molecule has 9 nitrogen and oxygen atoms in total. The summed E-state index contributed by atoms with van der Waals surface area (Å²) in [7, 11) is -1.42. The number of nitrogens with two attached hydrogens (primary N) is 1. The Morgan fingerprint density at radius 3 is 2.39 bits per heavy atom. The fourth-order valence-electron chi connectivity index (χ4n) is 4.01. The molecule has 0 aliphatic heterocycles. The van der Waals surface area contributed by atoms with Crippen molar-refractivity contribution in [1.82, 2.24) is 5.43 Å². The van der Waals surface area contributed by atoms with Crippen molar-refractivity contribution in [3.8, 4) is 5.75 Å². The number of ether oxygens (including phenoxy) is 2. The number of anilines is 1. The van der Waals surface area contributed by atoms with Crippen LogP contribution in [-0.4, -0.2) is 49.8 Å². The summed E-state index contributed by atoms with van der Waals surface area (Å²) in [6, 6.07) is 7.35. The van der Waals surface area contributed by atoms with Crippen LogP contribution in [0.25, 0.3) is 10.8 Å². The molecule has 0 saturated heterocycles. The number of nitrogens with one attached hydrogen (secondary N) is 2. The fourth-order valence-corrected chi connectivity index (χ4v) is 4.73. The van der Waals surface area contributed by atoms with Gasteiger partial charge in [0.1, 0.15) is 17.6 Å². The van der Waals surface area contributed by atoms with Crippen LogP contribution in [0.3, 0.4) is 0 Å². The van der Waals surface area contributed by atoms with E-state index in [2.05, 4.69) is 30.5 Å². The molecule has 33 heavy (non-hydrogen) atoms. The van der Waals surface area contributed by atoms with Gasteiger partial charge in [0.25, 0.3) is 0 Å². The number of esters is 2. The van der Waals surface area contributed by atoms with Crippen molar-refractivity contribution in [2.75, 3.05) is 18.6 Å². The zero-order valence-electron chi connectivity index (χ0n) is 19.5. The Labute approximate surface area is 194 Å². The first-order valence-electron chi connectivity index (χ1n) is 11.1. The Hall–Kier alpha value is -2.66. The summed E-state index contributed by atoms with van der Waals surface area (Å²) in [5, 5.41) is 20.9. The normalized spacial score (nSPS) is 18.2. The number of rotatable bonds is 10. The number of phenolic OH excluding ortho intramolecular Hbond substituents is 1. The molecule has 0 amide bonds. The van der Waals surface area contributed by atoms with Gasteiger partial charge in [0.15, 0.2) is 6.35 Å². The molecule has 0 saturated carbocycles. The van der Waals surface area contributed by atoms with Crippen molar-refractivity contribution in [3.05, 3.63) is 35.4 Å². The molecule has 180 valence electrons. The zero-order valence-corrected chi connectivity index (χ0v) is 20.5. The molecule has 2 bridgehead atoms. The molecule has 4 rings (SSSR count). The smallest absolute Gasteiger partial charge is 0.314 e. The van der Waals surface area contributed by atoms with Crippen LogP contribution in [0.2, 0.25) is 25.7 Å². The van der Waals surface area contributed by atoms with Gasteiger partial charge in [0.05, 0.1) is 18.9 Å². The van der Waals surface area contributed by atoms with Gasteiger partial charge in [-0.15, -0.1) is 0 Å². The minimum atomic E-state index is -1.42. The number of phenols is 1. The minimum absolute atomic E-state index is 0.0236. The minimum Gasteiger partial charge on any atom is -0.508 e. The summed E-state index contributed by atoms with van der Waals surface area (Å²) in [4.78, 5) is 26.5. The van der Waals surface area contributed by atoms with E-state index in [4.69, 9.17) is 15.2 Å². The first kappa shape index (κ1) is 25.0. The number of benzene rings is 2. The lowest BCUT2D eigenvalue weighted by molar-refractivity contribution is -0.154. The van der Waals surface area contributed by atoms with Gasteiger partial charge in [0.2, 0.25) is 0 Å². The Morgan fingerprint density at radius 2 is 1.76 bits per heavy atom. The predicted molar refractivity (Wildman–Crippen MR) is 128 cm³/mol. The average Bonchev–Trinajstić information content (AvgIpc) is 2.74. The van der Waals surface area contributed by atoms with Crippen LogP contribution in [0.15, 0.2) is 24.3 Å². The molecule has 1 unspecified atom stereocenters. The van der Waals surface area contributed by atoms with Gasteiger partial charge in [-0.05, 0) is 52.6 Å². The first-order valence-corrected chi connectivity index (χ1v) is 14.8. The molecule has 2 aromatic rings. The molecule has 0 spiro atoms. The van der Waals surface area contributed by atoms with Crippen molar-refractivity contribution in [2.45, 2.75) is 57.2 Å². The molecule has 0 radical (unpaired) electrons. The van der Waals surface area contributed by atoms with E-state index in [1.54, 1.807) is 18.2 Å². The highest BCUT2D eigenvalue weighted by Gasteiger charge is 2.46. The van der Waals surface area contributed by atoms with E-state index >= 15 is 0 Å². The predicted octanol–water partition coefficient (Wildman–Crippen LogP) is 2.71. The van der Waals surface area contributed by atoms with E-state index in [-0.39, 0.29) is 12.4 Å². The molecule has 3 atom stereocenters. The van der Waals surface area contributed by atoms with Crippen LogP contribution in [0.5, 0.6) is 5.75 Å². The van der Waals surface area contributed by atoms with E-state index < -0.39 is 38.2 Å². The maximum absolute atomic E-state index is 13.3. The molecule has 2 aliphatic carbocycles. The molecule has 2 aliphatic rings. The van der Waals surface area contributed by atoms with Gasteiger partial charge in [-0.25, -0.2) is 0 Å². The summed E-state index contributed by atoms with van der Waals surface area (Å²) >= 11 is 0. The van der Waals surface area contributed by atoms with Crippen molar-refractivity contribution in [2.24, 2.45) is 5.73 Å². The molecule has 0 aromatic heterocycles. The van der Waals surface area contributed by atoms with Crippen LogP contribution < -0.4 is 16.6 Å². The molecule has 0 fully saturated rings. The number of hydrogen-bond donors (Lipinski definition) is 5. The molecular weight excluding hydrogens is 442 g/mol. The second kappa shape index (κ2) is 10.1. The molecule has 0 heterocycles. The van der Waals surface area contributed by atoms with Gasteiger partial charge in [0, 0.05) is 8.07 Å². The highest BCUT2D eigenvalue weighted by Crippen LogP contribution is 2.51. The third kappa shape index (κ3) is 5.64. The van der Waals surface area contributed by atoms with Crippen molar-refractivity contribution in [1.29, 1.82) is 0 Å². The third-order valence-electron chi connectivity index (χ3n) is 5.58. The van der Waals surface area contributed by atoms with Crippen molar-refractivity contribution >= 4 is 36.5 Å². The largest absolute Gasteiger partial charge is 0.508 e. The van der Waals surface area contributed by atoms with Crippen molar-refractivity contribution < 1.29 is 29.3 Å². The Bertz CT molecular complexity index is 1040. The number of carbonyl (C=O) groups excluding carboxylic acids is 2. The standard InChI is InChI=1S/C23H33N3O6Si/c1-5-8-31-22(29)20-18-15-11-13(27)6-7-14(15)16(12-17(18)25-26-23(24)30)19(20)21(28)32-9-10-33(2,3)4/h6-7,11-12,19-20,23,25-27,30H,5,8-10,24H2,1-4H3/t19-,20-,23?/m1/s1. The molecule has 2 aromatic carbocycles. The van der Waals surface area contributed by atoms with E-state index in [0.29, 0.717) is 35.2 Å². The van der Waals surface area contributed by atoms with E-state index in [1.807, 2.05) is 6.92 Å². The average molecular weight is 476 g/mol. The first-order chi connectivity index (χ1) is 15.5. The summed E-state index contributed by atoms with van der Waals surface area (Å²) < 4.78 is 11.1. The van der Waals surface area contributed by atoms with Gasteiger partial charge in [-0.2, -0.15) is 5.43 Å². The maximum atomic E-state index is 13.3. The van der Waals surface area contributed by atoms with E-state index in [9.17, 15) is 19.8 Å². The van der Waals surface area contributed by atoms with Gasteiger partial charge in [-0.1, -0.05) is 32.6 Å². The van der Waals surface area contributed by atoms with Crippen LogP contribution in [0.4, 0.5) is 5.69 Å². The highest BCUT2D eigenvalue weighted by atomic mass is 28.3.